The number of amides is 1. The molecule has 0 saturated carbocycles. The summed E-state index contributed by atoms with van der Waals surface area (Å²) in [7, 11) is 0. The number of carbonyl (C=O) groups excluding carboxylic acids is 1. The van der Waals surface area contributed by atoms with E-state index in [4.69, 9.17) is 9.05 Å². The van der Waals surface area contributed by atoms with Gasteiger partial charge in [-0.05, 0) is 42.8 Å². The topological polar surface area (TPSA) is 132 Å². The predicted octanol–water partition coefficient (Wildman–Crippen LogP) is 2.71. The summed E-state index contributed by atoms with van der Waals surface area (Å²) in [6, 6.07) is 8.06. The zero-order valence-corrected chi connectivity index (χ0v) is 15.8. The maximum absolute atomic E-state index is 13.4. The quantitative estimate of drug-likeness (QED) is 0.442. The van der Waals surface area contributed by atoms with Crippen molar-refractivity contribution in [2.45, 2.75) is 19.8 Å². The van der Waals surface area contributed by atoms with Crippen molar-refractivity contribution in [1.82, 2.24) is 30.7 Å². The van der Waals surface area contributed by atoms with Gasteiger partial charge in [0, 0.05) is 36.4 Å². The van der Waals surface area contributed by atoms with Gasteiger partial charge in [-0.15, -0.1) is 0 Å². The maximum atomic E-state index is 13.4. The van der Waals surface area contributed by atoms with E-state index in [1.165, 1.54) is 6.07 Å². The molecule has 0 aliphatic carbocycles. The van der Waals surface area contributed by atoms with Gasteiger partial charge in [0.2, 0.25) is 23.4 Å². The third kappa shape index (κ3) is 4.46. The van der Waals surface area contributed by atoms with Crippen molar-refractivity contribution in [2.24, 2.45) is 0 Å². The van der Waals surface area contributed by atoms with Crippen LogP contribution in [0.4, 0.5) is 10.4 Å². The highest BCUT2D eigenvalue weighted by molar-refractivity contribution is 5.77. The number of hydrogen-bond donors (Lipinski definition) is 2. The van der Waals surface area contributed by atoms with Crippen LogP contribution in [0.5, 0.6) is 0 Å². The summed E-state index contributed by atoms with van der Waals surface area (Å²) in [5.74, 6) is 0.349. The van der Waals surface area contributed by atoms with Crippen molar-refractivity contribution >= 4 is 11.9 Å². The highest BCUT2D eigenvalue weighted by Gasteiger charge is 2.13. The Bertz CT molecular complexity index is 1160. The Kier molecular flexibility index (Phi) is 5.42. The third-order valence-electron chi connectivity index (χ3n) is 4.12. The minimum Gasteiger partial charge on any atom is -0.339 e. The number of aryl methyl sites for hydroxylation is 2. The second-order valence-electron chi connectivity index (χ2n) is 6.31. The van der Waals surface area contributed by atoms with E-state index >= 15 is 0 Å². The maximum Gasteiger partial charge on any atom is 0.340 e. The van der Waals surface area contributed by atoms with Crippen LogP contribution in [-0.4, -0.2) is 31.2 Å². The molecule has 3 aromatic heterocycles. The molecule has 0 aliphatic rings. The molecule has 10 nitrogen and oxygen atoms in total. The number of pyridine rings is 1. The van der Waals surface area contributed by atoms with Crippen LogP contribution in [0.2, 0.25) is 0 Å². The van der Waals surface area contributed by atoms with Crippen LogP contribution in [-0.2, 0) is 11.2 Å². The number of benzene rings is 1. The monoisotopic (exact) mass is 409 g/mol. The van der Waals surface area contributed by atoms with E-state index in [0.29, 0.717) is 28.7 Å². The molecule has 1 amide bonds. The summed E-state index contributed by atoms with van der Waals surface area (Å²) in [5, 5.41) is 7.68. The zero-order chi connectivity index (χ0) is 20.9. The first-order chi connectivity index (χ1) is 14.6. The summed E-state index contributed by atoms with van der Waals surface area (Å²) in [4.78, 5) is 24.3. The molecule has 0 fully saturated rings. The molecule has 0 radical (unpaired) electrons. The van der Waals surface area contributed by atoms with Crippen molar-refractivity contribution in [3.05, 3.63) is 60.0 Å². The largest absolute Gasteiger partial charge is 0.340 e. The third-order valence-corrected chi connectivity index (χ3v) is 4.12. The number of rotatable bonds is 7. The molecule has 11 heteroatoms. The summed E-state index contributed by atoms with van der Waals surface area (Å²) < 4.78 is 23.6. The fourth-order valence-corrected chi connectivity index (χ4v) is 2.56. The molecule has 4 rings (SSSR count). The van der Waals surface area contributed by atoms with Crippen LogP contribution >= 0.6 is 0 Å². The molecule has 0 aliphatic heterocycles. The number of anilines is 1. The molecule has 1 aromatic carbocycles. The van der Waals surface area contributed by atoms with Gasteiger partial charge in [-0.3, -0.25) is 15.2 Å². The molecule has 30 heavy (non-hydrogen) atoms. The van der Waals surface area contributed by atoms with Gasteiger partial charge in [0.1, 0.15) is 5.82 Å². The number of nitrogens with one attached hydrogen (secondary N) is 2. The molecule has 2 N–H and O–H groups in total. The Morgan fingerprint density at radius 2 is 1.80 bits per heavy atom. The Morgan fingerprint density at radius 3 is 2.60 bits per heavy atom. The summed E-state index contributed by atoms with van der Waals surface area (Å²) in [6.07, 6.45) is 3.54. The van der Waals surface area contributed by atoms with Gasteiger partial charge in [0.15, 0.2) is 0 Å². The second-order valence-corrected chi connectivity index (χ2v) is 6.31. The summed E-state index contributed by atoms with van der Waals surface area (Å²) in [5.41, 5.74) is 6.87. The van der Waals surface area contributed by atoms with Crippen molar-refractivity contribution in [3.8, 4) is 22.8 Å². The number of halogens is 1. The van der Waals surface area contributed by atoms with E-state index < -0.39 is 0 Å². The van der Waals surface area contributed by atoms with Crippen molar-refractivity contribution in [2.75, 3.05) is 5.43 Å². The molecule has 0 atom stereocenters. The molecular weight excluding hydrogens is 393 g/mol. The van der Waals surface area contributed by atoms with E-state index in [-0.39, 0.29) is 30.6 Å². The molecular formula is C19H16FN7O3. The standard InChI is InChI=1S/C19H16FN7O3/c1-11-10-13(2-3-14(11)20)18-22-16(29-26-18)5-4-15(28)24-25-19-23-17(27-30-19)12-6-8-21-9-7-12/h2-3,6-10H,4-5H2,1H3,(H,24,28)(H,23,25,27). The smallest absolute Gasteiger partial charge is 0.339 e. The van der Waals surface area contributed by atoms with Crippen LogP contribution in [0.15, 0.2) is 51.8 Å². The van der Waals surface area contributed by atoms with Crippen LogP contribution in [0.3, 0.4) is 0 Å². The average Bonchev–Trinajstić information content (AvgIpc) is 3.43. The van der Waals surface area contributed by atoms with Gasteiger partial charge in [0.05, 0.1) is 0 Å². The Hall–Kier alpha value is -4.15. The minimum absolute atomic E-state index is 0.0434. The summed E-state index contributed by atoms with van der Waals surface area (Å²) >= 11 is 0. The normalized spacial score (nSPS) is 10.7. The van der Waals surface area contributed by atoms with Crippen molar-refractivity contribution in [1.29, 1.82) is 0 Å². The molecule has 3 heterocycles. The lowest BCUT2D eigenvalue weighted by Gasteiger charge is -2.02. The van der Waals surface area contributed by atoms with Gasteiger partial charge in [0.25, 0.3) is 0 Å². The Morgan fingerprint density at radius 1 is 1.03 bits per heavy atom. The van der Waals surface area contributed by atoms with E-state index in [1.54, 1.807) is 43.6 Å². The highest BCUT2D eigenvalue weighted by atomic mass is 19.1. The molecule has 0 saturated heterocycles. The molecule has 152 valence electrons. The van der Waals surface area contributed by atoms with Gasteiger partial charge in [-0.25, -0.2) is 9.82 Å². The van der Waals surface area contributed by atoms with Crippen LogP contribution < -0.4 is 10.9 Å². The van der Waals surface area contributed by atoms with E-state index in [1.807, 2.05) is 0 Å². The van der Waals surface area contributed by atoms with Crippen LogP contribution in [0.1, 0.15) is 17.9 Å². The molecule has 0 bridgehead atoms. The molecule has 0 unspecified atom stereocenters. The van der Waals surface area contributed by atoms with Crippen LogP contribution in [0.25, 0.3) is 22.8 Å². The average molecular weight is 409 g/mol. The minimum atomic E-state index is -0.337. The molecule has 0 spiro atoms. The van der Waals surface area contributed by atoms with Crippen LogP contribution in [0, 0.1) is 12.7 Å². The number of carbonyl (C=O) groups is 1. The zero-order valence-electron chi connectivity index (χ0n) is 15.8. The first kappa shape index (κ1) is 19.2. The Labute approximate surface area is 169 Å². The van der Waals surface area contributed by atoms with E-state index in [9.17, 15) is 9.18 Å². The fraction of sp³-hybridized carbons (Fsp3) is 0.158. The second kappa shape index (κ2) is 8.47. The number of hydrazine groups is 1. The van der Waals surface area contributed by atoms with Gasteiger partial charge in [-0.2, -0.15) is 9.97 Å². The molecule has 4 aromatic rings. The Balaban J connectivity index is 1.28. The summed E-state index contributed by atoms with van der Waals surface area (Å²) in [6.45, 7) is 1.65. The van der Waals surface area contributed by atoms with Gasteiger partial charge < -0.3 is 9.05 Å². The van der Waals surface area contributed by atoms with Gasteiger partial charge >= 0.3 is 6.01 Å². The highest BCUT2D eigenvalue weighted by Crippen LogP contribution is 2.19. The fourth-order valence-electron chi connectivity index (χ4n) is 2.56. The predicted molar refractivity (Wildman–Crippen MR) is 102 cm³/mol. The SMILES string of the molecule is Cc1cc(-c2noc(CCC(=O)NNc3nc(-c4ccncc4)no3)n2)ccc1F. The first-order valence-corrected chi connectivity index (χ1v) is 8.96. The van der Waals surface area contributed by atoms with Crippen molar-refractivity contribution < 1.29 is 18.2 Å². The first-order valence-electron chi connectivity index (χ1n) is 8.96. The number of hydrogen-bond acceptors (Lipinski definition) is 9. The van der Waals surface area contributed by atoms with Gasteiger partial charge in [-0.1, -0.05) is 10.3 Å². The lowest BCUT2D eigenvalue weighted by Crippen LogP contribution is -2.29. The van der Waals surface area contributed by atoms with E-state index in [0.717, 1.165) is 5.56 Å². The number of nitrogens with zero attached hydrogens (tertiary/aromatic N) is 5. The number of aromatic nitrogens is 5. The van der Waals surface area contributed by atoms with E-state index in [2.05, 4.69) is 36.1 Å². The lowest BCUT2D eigenvalue weighted by atomic mass is 10.1. The van der Waals surface area contributed by atoms with Crippen molar-refractivity contribution in [3.63, 3.8) is 0 Å². The lowest BCUT2D eigenvalue weighted by molar-refractivity contribution is -0.120.